The molecule has 0 atom stereocenters. The highest BCUT2D eigenvalue weighted by atomic mass is 32.2. The number of nitrogens with zero attached hydrogens (tertiary/aromatic N) is 6. The molecule has 8 nitrogen and oxygen atoms in total. The molecule has 1 aliphatic heterocycles. The molecule has 0 unspecified atom stereocenters. The van der Waals surface area contributed by atoms with E-state index in [1.165, 1.54) is 22.5 Å². The van der Waals surface area contributed by atoms with Gasteiger partial charge < -0.3 is 4.90 Å². The van der Waals surface area contributed by atoms with E-state index in [1.54, 1.807) is 13.1 Å². The predicted molar refractivity (Wildman–Crippen MR) is 106 cm³/mol. The third-order valence-electron chi connectivity index (χ3n) is 5.04. The van der Waals surface area contributed by atoms with Gasteiger partial charge in [-0.15, -0.1) is 10.2 Å². The lowest BCUT2D eigenvalue weighted by Crippen LogP contribution is -2.49. The van der Waals surface area contributed by atoms with Gasteiger partial charge in [-0.25, -0.2) is 17.8 Å². The zero-order valence-electron chi connectivity index (χ0n) is 16.2. The number of aromatic nitrogens is 4. The van der Waals surface area contributed by atoms with Crippen LogP contribution in [0, 0.1) is 19.7 Å². The molecule has 0 saturated carbocycles. The third kappa shape index (κ3) is 3.73. The molecule has 1 fully saturated rings. The van der Waals surface area contributed by atoms with Crippen LogP contribution in [0.15, 0.2) is 47.6 Å². The number of hydrogen-bond acceptors (Lipinski definition) is 6. The maximum atomic E-state index is 13.5. The van der Waals surface area contributed by atoms with Crippen LogP contribution in [0.25, 0.3) is 5.82 Å². The fourth-order valence-electron chi connectivity index (χ4n) is 3.32. The normalized spacial score (nSPS) is 15.6. The quantitative estimate of drug-likeness (QED) is 0.646. The summed E-state index contributed by atoms with van der Waals surface area (Å²) in [6, 6.07) is 7.61. The topological polar surface area (TPSA) is 84.2 Å². The summed E-state index contributed by atoms with van der Waals surface area (Å²) in [6.07, 6.45) is 3.52. The lowest BCUT2D eigenvalue weighted by molar-refractivity contribution is 0.383. The Bertz CT molecular complexity index is 1120. The minimum atomic E-state index is -3.65. The average molecular weight is 416 g/mol. The summed E-state index contributed by atoms with van der Waals surface area (Å²) in [6.45, 7) is 5.08. The molecule has 3 heterocycles. The van der Waals surface area contributed by atoms with Crippen LogP contribution in [0.4, 0.5) is 10.2 Å². The Labute approximate surface area is 168 Å². The van der Waals surface area contributed by atoms with Gasteiger partial charge in [-0.2, -0.15) is 4.31 Å². The number of benzene rings is 1. The summed E-state index contributed by atoms with van der Waals surface area (Å²) in [7, 11) is -3.65. The number of aryl methyl sites for hydroxylation is 2. The lowest BCUT2D eigenvalue weighted by atomic mass is 10.2. The second-order valence-electron chi connectivity index (χ2n) is 6.90. The average Bonchev–Trinajstić information content (AvgIpc) is 3.16. The molecule has 0 N–H and O–H groups in total. The van der Waals surface area contributed by atoms with Gasteiger partial charge in [-0.1, -0.05) is 0 Å². The Hall–Kier alpha value is -2.85. The minimum absolute atomic E-state index is 0.115. The third-order valence-corrected chi connectivity index (χ3v) is 6.93. The zero-order valence-corrected chi connectivity index (χ0v) is 17.0. The van der Waals surface area contributed by atoms with Gasteiger partial charge in [0.2, 0.25) is 10.0 Å². The Balaban J connectivity index is 1.45. The van der Waals surface area contributed by atoms with Crippen molar-refractivity contribution in [2.24, 2.45) is 0 Å². The highest BCUT2D eigenvalue weighted by Crippen LogP contribution is 2.22. The van der Waals surface area contributed by atoms with Crippen molar-refractivity contribution >= 4 is 15.8 Å². The molecular formula is C19H21FN6O2S. The molecular weight excluding hydrogens is 395 g/mol. The number of halogens is 1. The van der Waals surface area contributed by atoms with Crippen molar-refractivity contribution in [1.29, 1.82) is 0 Å². The molecule has 0 bridgehead atoms. The minimum Gasteiger partial charge on any atom is -0.352 e. The fraction of sp³-hybridized carbons (Fsp3) is 0.316. The summed E-state index contributed by atoms with van der Waals surface area (Å²) in [5, 5.41) is 8.54. The molecule has 0 radical (unpaired) electrons. The van der Waals surface area contributed by atoms with Crippen LogP contribution in [0.5, 0.6) is 0 Å². The maximum Gasteiger partial charge on any atom is 0.243 e. The van der Waals surface area contributed by atoms with Gasteiger partial charge in [-0.3, -0.25) is 4.57 Å². The SMILES string of the molecule is Cc1cc(S(=O)(=O)N2CCN(c3ccc(-n4ccnc4C)nn3)CC2)ccc1F. The van der Waals surface area contributed by atoms with E-state index in [0.717, 1.165) is 5.82 Å². The fourth-order valence-corrected chi connectivity index (χ4v) is 4.83. The second kappa shape index (κ2) is 7.53. The molecule has 4 rings (SSSR count). The van der Waals surface area contributed by atoms with Gasteiger partial charge in [0.25, 0.3) is 0 Å². The van der Waals surface area contributed by atoms with Crippen molar-refractivity contribution in [2.45, 2.75) is 18.7 Å². The molecule has 1 aromatic carbocycles. The first-order chi connectivity index (χ1) is 13.9. The van der Waals surface area contributed by atoms with Crippen molar-refractivity contribution < 1.29 is 12.8 Å². The number of sulfonamides is 1. The van der Waals surface area contributed by atoms with E-state index >= 15 is 0 Å². The second-order valence-corrected chi connectivity index (χ2v) is 8.83. The monoisotopic (exact) mass is 416 g/mol. The van der Waals surface area contributed by atoms with E-state index in [0.29, 0.717) is 43.4 Å². The van der Waals surface area contributed by atoms with E-state index < -0.39 is 15.8 Å². The van der Waals surface area contributed by atoms with Gasteiger partial charge in [0.1, 0.15) is 11.6 Å². The van der Waals surface area contributed by atoms with Crippen molar-refractivity contribution in [3.8, 4) is 5.82 Å². The van der Waals surface area contributed by atoms with E-state index in [4.69, 9.17) is 0 Å². The van der Waals surface area contributed by atoms with Crippen LogP contribution in [0.3, 0.4) is 0 Å². The van der Waals surface area contributed by atoms with E-state index in [2.05, 4.69) is 15.2 Å². The highest BCUT2D eigenvalue weighted by molar-refractivity contribution is 7.89. The van der Waals surface area contributed by atoms with Gasteiger partial charge in [0.05, 0.1) is 4.90 Å². The molecule has 29 heavy (non-hydrogen) atoms. The van der Waals surface area contributed by atoms with E-state index in [9.17, 15) is 12.8 Å². The highest BCUT2D eigenvalue weighted by Gasteiger charge is 2.29. The van der Waals surface area contributed by atoms with Crippen LogP contribution >= 0.6 is 0 Å². The van der Waals surface area contributed by atoms with Crippen molar-refractivity contribution in [1.82, 2.24) is 24.1 Å². The van der Waals surface area contributed by atoms with Gasteiger partial charge in [-0.05, 0) is 49.7 Å². The molecule has 10 heteroatoms. The Morgan fingerprint density at radius 2 is 1.66 bits per heavy atom. The molecule has 3 aromatic rings. The number of imidazole rings is 1. The summed E-state index contributed by atoms with van der Waals surface area (Å²) in [5.41, 5.74) is 0.313. The van der Waals surface area contributed by atoms with Crippen molar-refractivity contribution in [3.05, 3.63) is 59.9 Å². The van der Waals surface area contributed by atoms with Gasteiger partial charge in [0, 0.05) is 38.6 Å². The summed E-state index contributed by atoms with van der Waals surface area (Å²) < 4.78 is 42.4. The van der Waals surface area contributed by atoms with Crippen molar-refractivity contribution in [3.63, 3.8) is 0 Å². The van der Waals surface area contributed by atoms with Crippen LogP contribution in [0.1, 0.15) is 11.4 Å². The molecule has 0 amide bonds. The largest absolute Gasteiger partial charge is 0.352 e. The van der Waals surface area contributed by atoms with Crippen molar-refractivity contribution in [2.75, 3.05) is 31.1 Å². The van der Waals surface area contributed by atoms with Gasteiger partial charge >= 0.3 is 0 Å². The lowest BCUT2D eigenvalue weighted by Gasteiger charge is -2.34. The zero-order chi connectivity index (χ0) is 20.6. The Morgan fingerprint density at radius 1 is 0.966 bits per heavy atom. The molecule has 1 saturated heterocycles. The van der Waals surface area contributed by atoms with Crippen LogP contribution in [0.2, 0.25) is 0 Å². The van der Waals surface area contributed by atoms with Gasteiger partial charge in [0.15, 0.2) is 11.6 Å². The number of piperazine rings is 1. The van der Waals surface area contributed by atoms with E-state index in [-0.39, 0.29) is 4.90 Å². The van der Waals surface area contributed by atoms with Crippen LogP contribution < -0.4 is 4.90 Å². The first-order valence-electron chi connectivity index (χ1n) is 9.21. The molecule has 1 aliphatic rings. The smallest absolute Gasteiger partial charge is 0.243 e. The summed E-state index contributed by atoms with van der Waals surface area (Å²) >= 11 is 0. The Kier molecular flexibility index (Phi) is 5.05. The number of rotatable bonds is 4. The first kappa shape index (κ1) is 19.5. The Morgan fingerprint density at radius 3 is 2.24 bits per heavy atom. The molecule has 0 aliphatic carbocycles. The van der Waals surface area contributed by atoms with Crippen LogP contribution in [-0.2, 0) is 10.0 Å². The number of anilines is 1. The number of hydrogen-bond donors (Lipinski definition) is 0. The standard InChI is InChI=1S/C19H21FN6O2S/c1-14-13-16(3-4-17(14)20)29(27,28)25-11-9-24(10-12-25)18-5-6-19(23-22-18)26-8-7-21-15(26)2/h3-8,13H,9-12H2,1-2H3. The maximum absolute atomic E-state index is 13.5. The van der Waals surface area contributed by atoms with E-state index in [1.807, 2.05) is 34.7 Å². The summed E-state index contributed by atoms with van der Waals surface area (Å²) in [4.78, 5) is 6.29. The van der Waals surface area contributed by atoms with Crippen LogP contribution in [-0.4, -0.2) is 58.7 Å². The molecule has 0 spiro atoms. The first-order valence-corrected chi connectivity index (χ1v) is 10.7. The predicted octanol–water partition coefficient (Wildman–Crippen LogP) is 1.93. The molecule has 152 valence electrons. The summed E-state index contributed by atoms with van der Waals surface area (Å²) in [5.74, 6) is 1.78. The molecule has 2 aromatic heterocycles.